The molecule has 1 fully saturated rings. The maximum atomic E-state index is 12.2. The maximum Gasteiger partial charge on any atom is 0.321 e. The van der Waals surface area contributed by atoms with Crippen molar-refractivity contribution in [2.45, 2.75) is 6.92 Å². The second-order valence-electron chi connectivity index (χ2n) is 5.10. The Bertz CT molecular complexity index is 564. The number of hydrogen-bond acceptors (Lipinski definition) is 3. The van der Waals surface area contributed by atoms with E-state index in [1.165, 1.54) is 4.90 Å². The fourth-order valence-electron chi connectivity index (χ4n) is 2.38. The quantitative estimate of drug-likeness (QED) is 0.872. The van der Waals surface area contributed by atoms with Crippen molar-refractivity contribution in [3.8, 4) is 5.75 Å². The number of hydrogen-bond donors (Lipinski definition) is 2. The van der Waals surface area contributed by atoms with Gasteiger partial charge in [-0.3, -0.25) is 4.79 Å². The number of ether oxygens (including phenoxy) is 1. The monoisotopic (exact) mass is 356 g/mol. The van der Waals surface area contributed by atoms with Gasteiger partial charge < -0.3 is 20.1 Å². The molecule has 21 heavy (non-hydrogen) atoms. The molecule has 0 aromatic heterocycles. The van der Waals surface area contributed by atoms with Crippen molar-refractivity contribution < 1.29 is 19.4 Å². The largest absolute Gasteiger partial charge is 0.497 e. The zero-order chi connectivity index (χ0) is 15.6. The minimum atomic E-state index is -0.861. The van der Waals surface area contributed by atoms with Crippen molar-refractivity contribution in [1.29, 1.82) is 0 Å². The van der Waals surface area contributed by atoms with Gasteiger partial charge in [0.25, 0.3) is 0 Å². The Morgan fingerprint density at radius 1 is 1.43 bits per heavy atom. The first-order chi connectivity index (χ1) is 9.92. The van der Waals surface area contributed by atoms with Crippen LogP contribution in [-0.4, -0.2) is 42.2 Å². The number of aliphatic carboxylic acids is 1. The summed E-state index contributed by atoms with van der Waals surface area (Å²) in [5.41, 5.74) is 0.589. The summed E-state index contributed by atoms with van der Waals surface area (Å²) in [6.07, 6.45) is 0. The number of carboxylic acids is 1. The smallest absolute Gasteiger partial charge is 0.321 e. The predicted molar refractivity (Wildman–Crippen MR) is 81.6 cm³/mol. The SMILES string of the molecule is COc1ccc(Br)c(NC(=O)N2CC(C)C(C(=O)O)C2)c1. The lowest BCUT2D eigenvalue weighted by Gasteiger charge is -2.18. The first kappa shape index (κ1) is 15.6. The number of nitrogens with one attached hydrogen (secondary N) is 1. The van der Waals surface area contributed by atoms with E-state index in [1.807, 2.05) is 6.92 Å². The molecule has 2 amide bonds. The molecule has 1 aromatic rings. The Kier molecular flexibility index (Phi) is 4.72. The lowest BCUT2D eigenvalue weighted by Crippen LogP contribution is -2.33. The van der Waals surface area contributed by atoms with E-state index in [9.17, 15) is 9.59 Å². The highest BCUT2D eigenvalue weighted by Crippen LogP contribution is 2.29. The number of methoxy groups -OCH3 is 1. The van der Waals surface area contributed by atoms with Gasteiger partial charge in [0.2, 0.25) is 0 Å². The van der Waals surface area contributed by atoms with E-state index in [-0.39, 0.29) is 18.5 Å². The number of carbonyl (C=O) groups excluding carboxylic acids is 1. The average molecular weight is 357 g/mol. The van der Waals surface area contributed by atoms with Gasteiger partial charge in [0, 0.05) is 23.6 Å². The molecule has 0 saturated carbocycles. The molecule has 6 nitrogen and oxygen atoms in total. The minimum absolute atomic E-state index is 0.0537. The van der Waals surface area contributed by atoms with Crippen LogP contribution < -0.4 is 10.1 Å². The molecule has 0 aliphatic carbocycles. The third-order valence-corrected chi connectivity index (χ3v) is 4.32. The first-order valence-corrected chi connectivity index (χ1v) is 7.34. The molecule has 2 rings (SSSR count). The number of urea groups is 1. The molecule has 114 valence electrons. The van der Waals surface area contributed by atoms with Gasteiger partial charge in [-0.05, 0) is 34.0 Å². The number of likely N-dealkylation sites (tertiary alicyclic amines) is 1. The van der Waals surface area contributed by atoms with Gasteiger partial charge in [-0.2, -0.15) is 0 Å². The molecule has 1 aliphatic rings. The molecule has 0 bridgehead atoms. The van der Waals surface area contributed by atoms with Crippen LogP contribution in [0.3, 0.4) is 0 Å². The van der Waals surface area contributed by atoms with E-state index >= 15 is 0 Å². The normalized spacial score (nSPS) is 21.2. The number of carbonyl (C=O) groups is 2. The average Bonchev–Trinajstić information content (AvgIpc) is 2.83. The molecule has 2 atom stereocenters. The number of nitrogens with zero attached hydrogens (tertiary/aromatic N) is 1. The number of halogens is 1. The van der Waals surface area contributed by atoms with Crippen LogP contribution in [0.2, 0.25) is 0 Å². The van der Waals surface area contributed by atoms with E-state index in [0.717, 1.165) is 4.47 Å². The summed E-state index contributed by atoms with van der Waals surface area (Å²) in [5.74, 6) is -0.793. The second-order valence-corrected chi connectivity index (χ2v) is 5.96. The van der Waals surface area contributed by atoms with Crippen molar-refractivity contribution in [1.82, 2.24) is 4.90 Å². The number of anilines is 1. The number of benzene rings is 1. The molecule has 0 spiro atoms. The van der Waals surface area contributed by atoms with Gasteiger partial charge in [0.1, 0.15) is 5.75 Å². The summed E-state index contributed by atoms with van der Waals surface area (Å²) >= 11 is 3.36. The lowest BCUT2D eigenvalue weighted by molar-refractivity contribution is -0.142. The molecule has 2 N–H and O–H groups in total. The van der Waals surface area contributed by atoms with Crippen LogP contribution in [0.1, 0.15) is 6.92 Å². The molecule has 1 aliphatic heterocycles. The number of amides is 2. The highest BCUT2D eigenvalue weighted by Gasteiger charge is 2.37. The lowest BCUT2D eigenvalue weighted by atomic mass is 9.99. The summed E-state index contributed by atoms with van der Waals surface area (Å²) in [6.45, 7) is 2.50. The topological polar surface area (TPSA) is 78.9 Å². The van der Waals surface area contributed by atoms with Crippen LogP contribution in [0.5, 0.6) is 5.75 Å². The molecule has 2 unspecified atom stereocenters. The molecule has 0 radical (unpaired) electrons. The van der Waals surface area contributed by atoms with Gasteiger partial charge >= 0.3 is 12.0 Å². The van der Waals surface area contributed by atoms with E-state index in [2.05, 4.69) is 21.2 Å². The third kappa shape index (κ3) is 3.47. The highest BCUT2D eigenvalue weighted by molar-refractivity contribution is 9.10. The summed E-state index contributed by atoms with van der Waals surface area (Å²) in [7, 11) is 1.55. The molecule has 1 saturated heterocycles. The van der Waals surface area contributed by atoms with Crippen molar-refractivity contribution >= 4 is 33.6 Å². The summed E-state index contributed by atoms with van der Waals surface area (Å²) in [5, 5.41) is 11.9. The van der Waals surface area contributed by atoms with E-state index < -0.39 is 11.9 Å². The van der Waals surface area contributed by atoms with Crippen molar-refractivity contribution in [3.63, 3.8) is 0 Å². The summed E-state index contributed by atoms with van der Waals surface area (Å²) < 4.78 is 5.85. The Labute approximate surface area is 131 Å². The Morgan fingerprint density at radius 2 is 2.14 bits per heavy atom. The van der Waals surface area contributed by atoms with Crippen LogP contribution >= 0.6 is 15.9 Å². The van der Waals surface area contributed by atoms with Gasteiger partial charge in [-0.1, -0.05) is 6.92 Å². The van der Waals surface area contributed by atoms with E-state index in [0.29, 0.717) is 18.0 Å². The zero-order valence-electron chi connectivity index (χ0n) is 11.8. The fourth-order valence-corrected chi connectivity index (χ4v) is 2.72. The Hall–Kier alpha value is -1.76. The Morgan fingerprint density at radius 3 is 2.71 bits per heavy atom. The maximum absolute atomic E-state index is 12.2. The van der Waals surface area contributed by atoms with Crippen LogP contribution in [0.15, 0.2) is 22.7 Å². The van der Waals surface area contributed by atoms with E-state index in [4.69, 9.17) is 9.84 Å². The zero-order valence-corrected chi connectivity index (χ0v) is 13.4. The van der Waals surface area contributed by atoms with Gasteiger partial charge in [0.05, 0.1) is 18.7 Å². The van der Waals surface area contributed by atoms with Gasteiger partial charge in [0.15, 0.2) is 0 Å². The minimum Gasteiger partial charge on any atom is -0.497 e. The fraction of sp³-hybridized carbons (Fsp3) is 0.429. The van der Waals surface area contributed by atoms with E-state index in [1.54, 1.807) is 25.3 Å². The molecular formula is C14H17BrN2O4. The van der Waals surface area contributed by atoms with Crippen LogP contribution in [0, 0.1) is 11.8 Å². The molecule has 7 heteroatoms. The van der Waals surface area contributed by atoms with Gasteiger partial charge in [-0.15, -0.1) is 0 Å². The Balaban J connectivity index is 2.07. The second kappa shape index (κ2) is 6.34. The first-order valence-electron chi connectivity index (χ1n) is 6.54. The van der Waals surface area contributed by atoms with Crippen LogP contribution in [0.25, 0.3) is 0 Å². The third-order valence-electron chi connectivity index (χ3n) is 3.63. The highest BCUT2D eigenvalue weighted by atomic mass is 79.9. The van der Waals surface area contributed by atoms with Crippen molar-refractivity contribution in [3.05, 3.63) is 22.7 Å². The predicted octanol–water partition coefficient (Wildman–Crippen LogP) is 2.64. The molecular weight excluding hydrogens is 340 g/mol. The van der Waals surface area contributed by atoms with Gasteiger partial charge in [-0.25, -0.2) is 4.79 Å². The number of rotatable bonds is 3. The number of carboxylic acid groups (broad SMARTS) is 1. The standard InChI is InChI=1S/C14H17BrN2O4/c1-8-6-17(7-10(8)13(18)19)14(20)16-12-5-9(21-2)3-4-11(12)15/h3-5,8,10H,6-7H2,1-2H3,(H,16,20)(H,18,19). The molecule has 1 aromatic carbocycles. The molecule has 1 heterocycles. The summed E-state index contributed by atoms with van der Waals surface area (Å²) in [4.78, 5) is 24.9. The van der Waals surface area contributed by atoms with Crippen molar-refractivity contribution in [2.24, 2.45) is 11.8 Å². The summed E-state index contributed by atoms with van der Waals surface area (Å²) in [6, 6.07) is 4.95. The van der Waals surface area contributed by atoms with Crippen LogP contribution in [-0.2, 0) is 4.79 Å². The van der Waals surface area contributed by atoms with Crippen molar-refractivity contribution in [2.75, 3.05) is 25.5 Å². The van der Waals surface area contributed by atoms with Crippen LogP contribution in [0.4, 0.5) is 10.5 Å².